The Bertz CT molecular complexity index is 662. The Balaban J connectivity index is 2.25. The minimum Gasteiger partial charge on any atom is -0.291 e. The number of hydrogen-bond acceptors (Lipinski definition) is 3. The quantitative estimate of drug-likeness (QED) is 0.678. The molecule has 3 heterocycles. The van der Waals surface area contributed by atoms with Gasteiger partial charge in [-0.1, -0.05) is 11.6 Å². The Morgan fingerprint density at radius 3 is 2.94 bits per heavy atom. The monoisotopic (exact) mass is 286 g/mol. The highest BCUT2D eigenvalue weighted by atomic mass is 35.5. The summed E-state index contributed by atoms with van der Waals surface area (Å²) in [7, 11) is 0. The van der Waals surface area contributed by atoms with Crippen LogP contribution in [0.3, 0.4) is 0 Å². The van der Waals surface area contributed by atoms with Crippen molar-refractivity contribution in [3.8, 4) is 5.82 Å². The molecule has 0 amide bonds. The molecule has 0 saturated heterocycles. The zero-order chi connectivity index (χ0) is 12.0. The third-order valence-electron chi connectivity index (χ3n) is 2.52. The zero-order valence-corrected chi connectivity index (χ0v) is 11.2. The zero-order valence-electron chi connectivity index (χ0n) is 8.89. The minimum atomic E-state index is 0.379. The van der Waals surface area contributed by atoms with Crippen molar-refractivity contribution in [2.75, 3.05) is 0 Å². The standard InChI is InChI=1S/C10H8Cl2N4S/c1-6-7(12)5-16(14-6)9-8(4-11)15-2-3-17-10(15)13-9/h2-3,5H,4H2,1H3. The number of fused-ring (bicyclic) bond motifs is 1. The normalized spacial score (nSPS) is 11.5. The van der Waals surface area contributed by atoms with Crippen LogP contribution < -0.4 is 0 Å². The Kier molecular flexibility index (Phi) is 2.61. The number of imidazole rings is 1. The van der Waals surface area contributed by atoms with Crippen LogP contribution >= 0.6 is 34.5 Å². The number of halogens is 2. The predicted molar refractivity (Wildman–Crippen MR) is 69.5 cm³/mol. The van der Waals surface area contributed by atoms with E-state index in [0.29, 0.717) is 10.9 Å². The first-order valence-electron chi connectivity index (χ1n) is 4.93. The average Bonchev–Trinajstić information content (AvgIpc) is 2.93. The molecule has 3 aromatic rings. The molecule has 0 saturated carbocycles. The molecule has 4 nitrogen and oxygen atoms in total. The van der Waals surface area contributed by atoms with E-state index in [4.69, 9.17) is 23.2 Å². The maximum Gasteiger partial charge on any atom is 0.195 e. The van der Waals surface area contributed by atoms with E-state index >= 15 is 0 Å². The Hall–Kier alpha value is -1.04. The van der Waals surface area contributed by atoms with Crippen LogP contribution in [0.5, 0.6) is 0 Å². The number of rotatable bonds is 2. The van der Waals surface area contributed by atoms with Crippen LogP contribution in [-0.2, 0) is 5.88 Å². The van der Waals surface area contributed by atoms with E-state index in [2.05, 4.69) is 10.1 Å². The Morgan fingerprint density at radius 1 is 1.47 bits per heavy atom. The van der Waals surface area contributed by atoms with E-state index in [1.165, 1.54) is 0 Å². The molecule has 0 atom stereocenters. The highest BCUT2D eigenvalue weighted by Crippen LogP contribution is 2.23. The van der Waals surface area contributed by atoms with Gasteiger partial charge in [0.05, 0.1) is 28.5 Å². The summed E-state index contributed by atoms with van der Waals surface area (Å²) in [6.07, 6.45) is 3.70. The Labute approximate surface area is 111 Å². The summed E-state index contributed by atoms with van der Waals surface area (Å²) < 4.78 is 3.65. The molecule has 0 aromatic carbocycles. The van der Waals surface area contributed by atoms with E-state index in [1.54, 1.807) is 22.2 Å². The summed E-state index contributed by atoms with van der Waals surface area (Å²) in [6.45, 7) is 1.86. The third kappa shape index (κ3) is 1.66. The topological polar surface area (TPSA) is 35.1 Å². The van der Waals surface area contributed by atoms with E-state index in [0.717, 1.165) is 22.2 Å². The number of hydrogen-bond donors (Lipinski definition) is 0. The van der Waals surface area contributed by atoms with Crippen LogP contribution in [0.4, 0.5) is 0 Å². The first kappa shape index (κ1) is 11.1. The van der Waals surface area contributed by atoms with Gasteiger partial charge in [-0.05, 0) is 6.92 Å². The second-order valence-corrected chi connectivity index (χ2v) is 5.13. The molecule has 0 aliphatic heterocycles. The molecule has 0 aliphatic rings. The van der Waals surface area contributed by atoms with Crippen molar-refractivity contribution in [3.05, 3.63) is 34.2 Å². The number of aromatic nitrogens is 4. The van der Waals surface area contributed by atoms with E-state index < -0.39 is 0 Å². The van der Waals surface area contributed by atoms with Crippen LogP contribution in [0.15, 0.2) is 17.8 Å². The average molecular weight is 287 g/mol. The maximum atomic E-state index is 6.00. The van der Waals surface area contributed by atoms with E-state index in [9.17, 15) is 0 Å². The van der Waals surface area contributed by atoms with Crippen LogP contribution in [0, 0.1) is 6.92 Å². The number of nitrogens with zero attached hydrogens (tertiary/aromatic N) is 4. The fourth-order valence-electron chi connectivity index (χ4n) is 1.68. The lowest BCUT2D eigenvalue weighted by atomic mass is 10.5. The molecule has 0 aliphatic carbocycles. The van der Waals surface area contributed by atoms with Crippen LogP contribution in [0.2, 0.25) is 5.02 Å². The van der Waals surface area contributed by atoms with Gasteiger partial charge in [-0.3, -0.25) is 4.40 Å². The van der Waals surface area contributed by atoms with Gasteiger partial charge in [0.1, 0.15) is 0 Å². The lowest BCUT2D eigenvalue weighted by Crippen LogP contribution is -2.00. The predicted octanol–water partition coefficient (Wildman–Crippen LogP) is 3.28. The van der Waals surface area contributed by atoms with Gasteiger partial charge in [-0.15, -0.1) is 22.9 Å². The van der Waals surface area contributed by atoms with Crippen molar-refractivity contribution in [3.63, 3.8) is 0 Å². The van der Waals surface area contributed by atoms with Gasteiger partial charge in [-0.25, -0.2) is 4.68 Å². The SMILES string of the molecule is Cc1nn(-c2nc3sccn3c2CCl)cc1Cl. The molecule has 7 heteroatoms. The number of thiazole rings is 1. The van der Waals surface area contributed by atoms with Gasteiger partial charge in [0, 0.05) is 11.6 Å². The molecule has 0 unspecified atom stereocenters. The van der Waals surface area contributed by atoms with Gasteiger partial charge in [0.15, 0.2) is 10.8 Å². The smallest absolute Gasteiger partial charge is 0.195 e. The molecule has 0 radical (unpaired) electrons. The van der Waals surface area contributed by atoms with Gasteiger partial charge in [-0.2, -0.15) is 10.1 Å². The first-order valence-corrected chi connectivity index (χ1v) is 6.72. The summed E-state index contributed by atoms with van der Waals surface area (Å²) in [4.78, 5) is 5.41. The van der Waals surface area contributed by atoms with Crippen molar-refractivity contribution in [1.82, 2.24) is 19.2 Å². The third-order valence-corrected chi connectivity index (χ3v) is 3.90. The van der Waals surface area contributed by atoms with Crippen molar-refractivity contribution in [2.45, 2.75) is 12.8 Å². The first-order chi connectivity index (χ1) is 8.20. The fourth-order valence-corrected chi connectivity index (χ4v) is 2.78. The molecule has 0 spiro atoms. The van der Waals surface area contributed by atoms with Gasteiger partial charge < -0.3 is 0 Å². The van der Waals surface area contributed by atoms with Crippen molar-refractivity contribution in [2.24, 2.45) is 0 Å². The van der Waals surface area contributed by atoms with Crippen LogP contribution in [0.25, 0.3) is 10.8 Å². The molecule has 0 bridgehead atoms. The van der Waals surface area contributed by atoms with Crippen molar-refractivity contribution >= 4 is 39.5 Å². The summed E-state index contributed by atoms with van der Waals surface area (Å²) in [5.74, 6) is 1.12. The largest absolute Gasteiger partial charge is 0.291 e. The second kappa shape index (κ2) is 4.01. The fraction of sp³-hybridized carbons (Fsp3) is 0.200. The van der Waals surface area contributed by atoms with Crippen molar-refractivity contribution in [1.29, 1.82) is 0 Å². The molecule has 0 fully saturated rings. The van der Waals surface area contributed by atoms with Crippen molar-refractivity contribution < 1.29 is 0 Å². The molecular formula is C10H8Cl2N4S. The highest BCUT2D eigenvalue weighted by Gasteiger charge is 2.15. The molecular weight excluding hydrogens is 279 g/mol. The van der Waals surface area contributed by atoms with Gasteiger partial charge in [0.2, 0.25) is 0 Å². The van der Waals surface area contributed by atoms with E-state index in [1.807, 2.05) is 22.9 Å². The van der Waals surface area contributed by atoms with E-state index in [-0.39, 0.29) is 0 Å². The van der Waals surface area contributed by atoms with Gasteiger partial charge >= 0.3 is 0 Å². The molecule has 88 valence electrons. The minimum absolute atomic E-state index is 0.379. The lowest BCUT2D eigenvalue weighted by Gasteiger charge is -1.99. The lowest BCUT2D eigenvalue weighted by molar-refractivity contribution is 0.829. The second-order valence-electron chi connectivity index (χ2n) is 3.58. The summed E-state index contributed by atoms with van der Waals surface area (Å²) in [5, 5.41) is 6.92. The summed E-state index contributed by atoms with van der Waals surface area (Å²) in [6, 6.07) is 0. The summed E-state index contributed by atoms with van der Waals surface area (Å²) in [5.41, 5.74) is 1.70. The molecule has 3 rings (SSSR count). The van der Waals surface area contributed by atoms with Crippen LogP contribution in [-0.4, -0.2) is 19.2 Å². The number of aryl methyl sites for hydroxylation is 1. The van der Waals surface area contributed by atoms with Gasteiger partial charge in [0.25, 0.3) is 0 Å². The van der Waals surface area contributed by atoms with Crippen LogP contribution in [0.1, 0.15) is 11.4 Å². The Morgan fingerprint density at radius 2 is 2.29 bits per heavy atom. The maximum absolute atomic E-state index is 6.00. The summed E-state index contributed by atoms with van der Waals surface area (Å²) >= 11 is 13.5. The molecule has 17 heavy (non-hydrogen) atoms. The highest BCUT2D eigenvalue weighted by molar-refractivity contribution is 7.15. The molecule has 3 aromatic heterocycles. The number of alkyl halides is 1. The molecule has 0 N–H and O–H groups in total.